The molecule has 5 heteroatoms. The molecule has 0 bridgehead atoms. The molecule has 1 aliphatic heterocycles. The Morgan fingerprint density at radius 1 is 1.19 bits per heavy atom. The van der Waals surface area contributed by atoms with E-state index in [9.17, 15) is 9.59 Å². The summed E-state index contributed by atoms with van der Waals surface area (Å²) in [7, 11) is 0. The minimum absolute atomic E-state index is 0.0153. The molecule has 0 saturated carbocycles. The van der Waals surface area contributed by atoms with Crippen molar-refractivity contribution < 1.29 is 19.4 Å². The highest BCUT2D eigenvalue weighted by atomic mass is 16.5. The van der Waals surface area contributed by atoms with Crippen molar-refractivity contribution in [3.63, 3.8) is 0 Å². The van der Waals surface area contributed by atoms with E-state index in [-0.39, 0.29) is 42.3 Å². The van der Waals surface area contributed by atoms with E-state index in [4.69, 9.17) is 9.84 Å². The van der Waals surface area contributed by atoms with E-state index in [0.717, 1.165) is 6.42 Å². The standard InChI is InChI=1S/C16H29NO4/c1-9(2)6-13(7-14(18)19)8-17-16(20)15-10(3)11(4)21-12(15)5/h9-13,15H,6-8H2,1-5H3,(H,17,20)(H,18,19). The van der Waals surface area contributed by atoms with E-state index < -0.39 is 5.97 Å². The molecule has 5 nitrogen and oxygen atoms in total. The number of hydrogen-bond acceptors (Lipinski definition) is 3. The Hall–Kier alpha value is -1.10. The Morgan fingerprint density at radius 2 is 1.81 bits per heavy atom. The van der Waals surface area contributed by atoms with E-state index in [1.54, 1.807) is 0 Å². The van der Waals surface area contributed by atoms with Crippen LogP contribution in [0.25, 0.3) is 0 Å². The number of carbonyl (C=O) groups excluding carboxylic acids is 1. The summed E-state index contributed by atoms with van der Waals surface area (Å²) in [5.74, 6) is -0.392. The molecular weight excluding hydrogens is 270 g/mol. The first kappa shape index (κ1) is 18.0. The van der Waals surface area contributed by atoms with Crippen molar-refractivity contribution in [1.82, 2.24) is 5.32 Å². The molecule has 0 spiro atoms. The van der Waals surface area contributed by atoms with Crippen LogP contribution in [0.5, 0.6) is 0 Å². The van der Waals surface area contributed by atoms with E-state index >= 15 is 0 Å². The van der Waals surface area contributed by atoms with Crippen LogP contribution in [0.4, 0.5) is 0 Å². The maximum absolute atomic E-state index is 12.3. The molecule has 5 atom stereocenters. The highest BCUT2D eigenvalue weighted by Crippen LogP contribution is 2.32. The molecule has 1 amide bonds. The Kier molecular flexibility index (Phi) is 6.65. The van der Waals surface area contributed by atoms with Gasteiger partial charge in [0.1, 0.15) is 0 Å². The fourth-order valence-electron chi connectivity index (χ4n) is 3.23. The lowest BCUT2D eigenvalue weighted by Crippen LogP contribution is -2.40. The van der Waals surface area contributed by atoms with Gasteiger partial charge in [-0.3, -0.25) is 9.59 Å². The van der Waals surface area contributed by atoms with E-state index in [0.29, 0.717) is 12.5 Å². The third-order valence-electron chi connectivity index (χ3n) is 4.38. The molecule has 5 unspecified atom stereocenters. The molecule has 2 N–H and O–H groups in total. The molecule has 21 heavy (non-hydrogen) atoms. The van der Waals surface area contributed by atoms with Gasteiger partial charge >= 0.3 is 5.97 Å². The van der Waals surface area contributed by atoms with Gasteiger partial charge in [0.15, 0.2) is 0 Å². The minimum atomic E-state index is -0.811. The van der Waals surface area contributed by atoms with Gasteiger partial charge in [0.05, 0.1) is 18.1 Å². The largest absolute Gasteiger partial charge is 0.481 e. The van der Waals surface area contributed by atoms with Gasteiger partial charge in [-0.15, -0.1) is 0 Å². The summed E-state index contributed by atoms with van der Waals surface area (Å²) in [6.07, 6.45) is 0.899. The Morgan fingerprint density at radius 3 is 2.24 bits per heavy atom. The summed E-state index contributed by atoms with van der Waals surface area (Å²) in [6.45, 7) is 10.5. The molecule has 0 aromatic carbocycles. The molecular formula is C16H29NO4. The zero-order chi connectivity index (χ0) is 16.2. The molecule has 1 aliphatic rings. The number of carbonyl (C=O) groups is 2. The zero-order valence-corrected chi connectivity index (χ0v) is 13.8. The normalized spacial score (nSPS) is 30.4. The average Bonchev–Trinajstić information content (AvgIpc) is 2.58. The summed E-state index contributed by atoms with van der Waals surface area (Å²) in [5.41, 5.74) is 0. The summed E-state index contributed by atoms with van der Waals surface area (Å²) in [5, 5.41) is 11.9. The molecule has 0 aromatic heterocycles. The lowest BCUT2D eigenvalue weighted by Gasteiger charge is -2.22. The molecule has 1 rings (SSSR count). The van der Waals surface area contributed by atoms with Gasteiger partial charge in [-0.05, 0) is 38.0 Å². The fourth-order valence-corrected chi connectivity index (χ4v) is 3.23. The van der Waals surface area contributed by atoms with Crippen LogP contribution >= 0.6 is 0 Å². The third-order valence-corrected chi connectivity index (χ3v) is 4.38. The second kappa shape index (κ2) is 7.78. The first-order valence-corrected chi connectivity index (χ1v) is 7.87. The highest BCUT2D eigenvalue weighted by Gasteiger charge is 2.41. The van der Waals surface area contributed by atoms with Crippen LogP contribution < -0.4 is 5.32 Å². The average molecular weight is 299 g/mol. The predicted octanol–water partition coefficient (Wildman–Crippen LogP) is 2.30. The summed E-state index contributed by atoms with van der Waals surface area (Å²) in [4.78, 5) is 23.3. The van der Waals surface area contributed by atoms with Crippen molar-refractivity contribution >= 4 is 11.9 Å². The maximum atomic E-state index is 12.3. The van der Waals surface area contributed by atoms with E-state index in [1.165, 1.54) is 0 Å². The van der Waals surface area contributed by atoms with Crippen LogP contribution in [-0.2, 0) is 14.3 Å². The van der Waals surface area contributed by atoms with Crippen LogP contribution in [0, 0.1) is 23.7 Å². The smallest absolute Gasteiger partial charge is 0.303 e. The van der Waals surface area contributed by atoms with Crippen molar-refractivity contribution in [2.45, 2.75) is 59.7 Å². The van der Waals surface area contributed by atoms with Gasteiger partial charge in [0.25, 0.3) is 0 Å². The second-order valence-corrected chi connectivity index (χ2v) is 6.77. The molecule has 0 aromatic rings. The van der Waals surface area contributed by atoms with E-state index in [1.807, 2.05) is 20.8 Å². The SMILES string of the molecule is CC(C)CC(CNC(=O)C1C(C)OC(C)C1C)CC(=O)O. The first-order chi connectivity index (χ1) is 9.72. The second-order valence-electron chi connectivity index (χ2n) is 6.77. The third kappa shape index (κ3) is 5.30. The number of carboxylic acid groups (broad SMARTS) is 1. The van der Waals surface area contributed by atoms with Crippen molar-refractivity contribution in [1.29, 1.82) is 0 Å². The lowest BCUT2D eigenvalue weighted by atomic mass is 9.88. The number of ether oxygens (including phenoxy) is 1. The van der Waals surface area contributed by atoms with Gasteiger partial charge in [-0.25, -0.2) is 0 Å². The Labute approximate surface area is 127 Å². The van der Waals surface area contributed by atoms with Gasteiger partial charge < -0.3 is 15.2 Å². The van der Waals surface area contributed by atoms with Gasteiger partial charge in [0.2, 0.25) is 5.91 Å². The predicted molar refractivity (Wildman–Crippen MR) is 80.9 cm³/mol. The van der Waals surface area contributed by atoms with Gasteiger partial charge in [-0.2, -0.15) is 0 Å². The van der Waals surface area contributed by atoms with Crippen LogP contribution in [0.1, 0.15) is 47.5 Å². The quantitative estimate of drug-likeness (QED) is 0.756. The number of aliphatic carboxylic acids is 1. The molecule has 122 valence electrons. The van der Waals surface area contributed by atoms with Gasteiger partial charge in [0, 0.05) is 13.0 Å². The molecule has 1 heterocycles. The maximum Gasteiger partial charge on any atom is 0.303 e. The zero-order valence-electron chi connectivity index (χ0n) is 13.8. The van der Waals surface area contributed by atoms with Crippen LogP contribution in [0.3, 0.4) is 0 Å². The van der Waals surface area contributed by atoms with E-state index in [2.05, 4.69) is 19.2 Å². The highest BCUT2D eigenvalue weighted by molar-refractivity contribution is 5.80. The van der Waals surface area contributed by atoms with Crippen molar-refractivity contribution in [3.8, 4) is 0 Å². The molecule has 0 aliphatic carbocycles. The fraction of sp³-hybridized carbons (Fsp3) is 0.875. The number of amides is 1. The number of nitrogens with one attached hydrogen (secondary N) is 1. The number of carboxylic acids is 1. The molecule has 1 fully saturated rings. The Balaban J connectivity index is 2.54. The van der Waals surface area contributed by atoms with Crippen molar-refractivity contribution in [3.05, 3.63) is 0 Å². The molecule has 1 saturated heterocycles. The Bertz CT molecular complexity index is 369. The van der Waals surface area contributed by atoms with Crippen molar-refractivity contribution in [2.24, 2.45) is 23.7 Å². The number of hydrogen-bond donors (Lipinski definition) is 2. The monoisotopic (exact) mass is 299 g/mol. The first-order valence-electron chi connectivity index (χ1n) is 7.87. The van der Waals surface area contributed by atoms with Gasteiger partial charge in [-0.1, -0.05) is 20.8 Å². The summed E-state index contributed by atoms with van der Waals surface area (Å²) >= 11 is 0. The summed E-state index contributed by atoms with van der Waals surface area (Å²) < 4.78 is 5.69. The summed E-state index contributed by atoms with van der Waals surface area (Å²) in [6, 6.07) is 0. The van der Waals surface area contributed by atoms with Crippen LogP contribution in [-0.4, -0.2) is 35.7 Å². The van der Waals surface area contributed by atoms with Crippen LogP contribution in [0.2, 0.25) is 0 Å². The topological polar surface area (TPSA) is 75.6 Å². The van der Waals surface area contributed by atoms with Crippen molar-refractivity contribution in [2.75, 3.05) is 6.54 Å². The minimum Gasteiger partial charge on any atom is -0.481 e. The molecule has 0 radical (unpaired) electrons. The lowest BCUT2D eigenvalue weighted by molar-refractivity contribution is -0.138. The van der Waals surface area contributed by atoms with Crippen LogP contribution in [0.15, 0.2) is 0 Å². The number of rotatable bonds is 7.